The van der Waals surface area contributed by atoms with E-state index in [2.05, 4.69) is 15.3 Å². The molecule has 0 aliphatic carbocycles. The van der Waals surface area contributed by atoms with E-state index in [4.69, 9.17) is 11.5 Å². The average molecular weight is 310 g/mol. The minimum Gasteiger partial charge on any atom is -0.382 e. The van der Waals surface area contributed by atoms with Crippen LogP contribution in [0.3, 0.4) is 0 Å². The second-order valence-electron chi connectivity index (χ2n) is 4.91. The smallest absolute Gasteiger partial charge is 0.175 e. The van der Waals surface area contributed by atoms with Gasteiger partial charge in [0.2, 0.25) is 0 Å². The van der Waals surface area contributed by atoms with Gasteiger partial charge in [-0.1, -0.05) is 42.5 Å². The van der Waals surface area contributed by atoms with E-state index in [-0.39, 0.29) is 23.0 Å². The summed E-state index contributed by atoms with van der Waals surface area (Å²) in [4.78, 5) is 0. The molecule has 3 aromatic rings. The van der Waals surface area contributed by atoms with Crippen LogP contribution in [0.1, 0.15) is 5.56 Å². The maximum absolute atomic E-state index is 13.5. The summed E-state index contributed by atoms with van der Waals surface area (Å²) >= 11 is 0. The van der Waals surface area contributed by atoms with Gasteiger partial charge in [0.1, 0.15) is 5.69 Å². The third kappa shape index (κ3) is 3.18. The Balaban J connectivity index is 1.88. The molecule has 0 fully saturated rings. The van der Waals surface area contributed by atoms with Crippen LogP contribution in [0.4, 0.5) is 27.4 Å². The topological polar surface area (TPSA) is 94.6 Å². The van der Waals surface area contributed by atoms with Crippen LogP contribution in [0.2, 0.25) is 0 Å². The first kappa shape index (κ1) is 14.7. The molecule has 2 aromatic carbocycles. The highest BCUT2D eigenvalue weighted by molar-refractivity contribution is 5.71. The van der Waals surface area contributed by atoms with E-state index in [1.807, 2.05) is 30.3 Å². The summed E-state index contributed by atoms with van der Waals surface area (Å²) in [5, 5.41) is 12.0. The summed E-state index contributed by atoms with van der Waals surface area (Å²) in [6, 6.07) is 15.8. The summed E-state index contributed by atoms with van der Waals surface area (Å²) in [5.41, 5.74) is 13.2. The van der Waals surface area contributed by atoms with Gasteiger partial charge >= 0.3 is 0 Å². The Hall–Kier alpha value is -3.22. The van der Waals surface area contributed by atoms with Gasteiger partial charge in [0.25, 0.3) is 0 Å². The Morgan fingerprint density at radius 2 is 1.65 bits per heavy atom. The Kier molecular flexibility index (Phi) is 4.01. The third-order valence-corrected chi connectivity index (χ3v) is 3.28. The van der Waals surface area contributed by atoms with Crippen molar-refractivity contribution >= 4 is 23.0 Å². The first-order chi connectivity index (χ1) is 11.1. The predicted octanol–water partition coefficient (Wildman–Crippen LogP) is 3.65. The van der Waals surface area contributed by atoms with Crippen molar-refractivity contribution in [3.05, 3.63) is 66.0 Å². The van der Waals surface area contributed by atoms with Crippen molar-refractivity contribution in [3.63, 3.8) is 0 Å². The van der Waals surface area contributed by atoms with Gasteiger partial charge in [-0.3, -0.25) is 0 Å². The number of nitrogens with zero attached hydrogens (tertiary/aromatic N) is 4. The lowest BCUT2D eigenvalue weighted by molar-refractivity contribution is 0.628. The van der Waals surface area contributed by atoms with Crippen LogP contribution in [0.5, 0.6) is 0 Å². The molecule has 0 saturated heterocycles. The molecule has 7 heteroatoms. The molecule has 0 atom stereocenters. The number of benzene rings is 2. The Morgan fingerprint density at radius 1 is 0.957 bits per heavy atom. The number of nitrogens with two attached hydrogens (primary N) is 2. The third-order valence-electron chi connectivity index (χ3n) is 3.28. The summed E-state index contributed by atoms with van der Waals surface area (Å²) in [7, 11) is 0. The standard InChI is InChI=1S/C16H15FN6/c17-12-8-4-5-9-13(12)20-21-14-15(18)22-23(16(14)19)10-11-6-2-1-3-7-11/h1-9H,10,19H2,(H2,18,22). The molecule has 0 aliphatic rings. The van der Waals surface area contributed by atoms with Crippen LogP contribution < -0.4 is 11.5 Å². The number of rotatable bonds is 4. The summed E-state index contributed by atoms with van der Waals surface area (Å²) in [6.07, 6.45) is 0. The van der Waals surface area contributed by atoms with Crippen molar-refractivity contribution in [3.8, 4) is 0 Å². The Morgan fingerprint density at radius 3 is 2.39 bits per heavy atom. The lowest BCUT2D eigenvalue weighted by Gasteiger charge is -2.03. The van der Waals surface area contributed by atoms with Crippen LogP contribution in [0.25, 0.3) is 0 Å². The zero-order valence-electron chi connectivity index (χ0n) is 12.2. The van der Waals surface area contributed by atoms with Crippen LogP contribution >= 0.6 is 0 Å². The van der Waals surface area contributed by atoms with Crippen molar-refractivity contribution in [1.82, 2.24) is 9.78 Å². The lowest BCUT2D eigenvalue weighted by Crippen LogP contribution is -2.05. The second-order valence-corrected chi connectivity index (χ2v) is 4.91. The van der Waals surface area contributed by atoms with Crippen molar-refractivity contribution < 1.29 is 4.39 Å². The Labute approximate surface area is 132 Å². The fourth-order valence-electron chi connectivity index (χ4n) is 2.10. The predicted molar refractivity (Wildman–Crippen MR) is 87.2 cm³/mol. The van der Waals surface area contributed by atoms with Gasteiger partial charge in [-0.05, 0) is 17.7 Å². The maximum Gasteiger partial charge on any atom is 0.175 e. The van der Waals surface area contributed by atoms with E-state index in [0.717, 1.165) is 5.56 Å². The zero-order valence-corrected chi connectivity index (χ0v) is 12.2. The first-order valence-corrected chi connectivity index (χ1v) is 6.97. The SMILES string of the molecule is Nc1nn(Cc2ccccc2)c(N)c1N=Nc1ccccc1F. The van der Waals surface area contributed by atoms with Crippen molar-refractivity contribution in [2.75, 3.05) is 11.5 Å². The van der Waals surface area contributed by atoms with E-state index in [0.29, 0.717) is 6.54 Å². The molecule has 0 aliphatic heterocycles. The molecule has 116 valence electrons. The molecule has 6 nitrogen and oxygen atoms in total. The number of azo groups is 1. The second kappa shape index (κ2) is 6.27. The normalized spacial score (nSPS) is 11.2. The van der Waals surface area contributed by atoms with E-state index in [1.54, 1.807) is 16.8 Å². The molecular weight excluding hydrogens is 295 g/mol. The molecular formula is C16H15FN6. The van der Waals surface area contributed by atoms with Crippen molar-refractivity contribution in [2.45, 2.75) is 6.54 Å². The minimum absolute atomic E-state index is 0.113. The van der Waals surface area contributed by atoms with Crippen LogP contribution in [-0.2, 0) is 6.54 Å². The first-order valence-electron chi connectivity index (χ1n) is 6.97. The molecule has 4 N–H and O–H groups in total. The number of aromatic nitrogens is 2. The minimum atomic E-state index is -0.468. The molecule has 23 heavy (non-hydrogen) atoms. The largest absolute Gasteiger partial charge is 0.382 e. The lowest BCUT2D eigenvalue weighted by atomic mass is 10.2. The van der Waals surface area contributed by atoms with Gasteiger partial charge in [0.05, 0.1) is 6.54 Å². The summed E-state index contributed by atoms with van der Waals surface area (Å²) in [6.45, 7) is 0.464. The van der Waals surface area contributed by atoms with E-state index in [9.17, 15) is 4.39 Å². The number of hydrogen-bond donors (Lipinski definition) is 2. The maximum atomic E-state index is 13.5. The van der Waals surface area contributed by atoms with Gasteiger partial charge in [0, 0.05) is 0 Å². The highest BCUT2D eigenvalue weighted by Gasteiger charge is 2.13. The van der Waals surface area contributed by atoms with Gasteiger partial charge in [-0.2, -0.15) is 5.10 Å². The highest BCUT2D eigenvalue weighted by Crippen LogP contribution is 2.31. The average Bonchev–Trinajstić information content (AvgIpc) is 2.82. The highest BCUT2D eigenvalue weighted by atomic mass is 19.1. The van der Waals surface area contributed by atoms with Gasteiger partial charge < -0.3 is 11.5 Å². The fraction of sp³-hybridized carbons (Fsp3) is 0.0625. The van der Waals surface area contributed by atoms with Crippen molar-refractivity contribution in [2.24, 2.45) is 10.2 Å². The molecule has 0 spiro atoms. The molecule has 0 radical (unpaired) electrons. The molecule has 0 saturated carbocycles. The molecule has 1 aromatic heterocycles. The molecule has 0 unspecified atom stereocenters. The van der Waals surface area contributed by atoms with Crippen molar-refractivity contribution in [1.29, 1.82) is 0 Å². The van der Waals surface area contributed by atoms with Gasteiger partial charge in [-0.25, -0.2) is 9.07 Å². The molecule has 3 rings (SSSR count). The summed E-state index contributed by atoms with van der Waals surface area (Å²) < 4.78 is 15.1. The number of nitrogen functional groups attached to an aromatic ring is 2. The number of hydrogen-bond acceptors (Lipinski definition) is 5. The van der Waals surface area contributed by atoms with Gasteiger partial charge in [-0.15, -0.1) is 10.2 Å². The molecule has 0 bridgehead atoms. The van der Waals surface area contributed by atoms with Gasteiger partial charge in [0.15, 0.2) is 23.1 Å². The fourth-order valence-corrected chi connectivity index (χ4v) is 2.10. The number of halogens is 1. The monoisotopic (exact) mass is 310 g/mol. The number of anilines is 2. The van der Waals surface area contributed by atoms with Crippen LogP contribution in [0, 0.1) is 5.82 Å². The molecule has 1 heterocycles. The van der Waals surface area contributed by atoms with Crippen LogP contribution in [-0.4, -0.2) is 9.78 Å². The quantitative estimate of drug-likeness (QED) is 0.720. The Bertz CT molecular complexity index is 841. The zero-order chi connectivity index (χ0) is 16.2. The van der Waals surface area contributed by atoms with E-state index < -0.39 is 5.82 Å². The molecule has 0 amide bonds. The van der Waals surface area contributed by atoms with Crippen LogP contribution in [0.15, 0.2) is 64.8 Å². The van der Waals surface area contributed by atoms with E-state index in [1.165, 1.54) is 12.1 Å². The summed E-state index contributed by atoms with van der Waals surface area (Å²) in [5.74, 6) is -0.0324. The van der Waals surface area contributed by atoms with E-state index >= 15 is 0 Å².